The number of pyridine rings is 2. The number of nitrogens with one attached hydrogen (secondary N) is 2. The van der Waals surface area contributed by atoms with Gasteiger partial charge in [-0.3, -0.25) is 14.5 Å². The van der Waals surface area contributed by atoms with Gasteiger partial charge in [0, 0.05) is 30.2 Å². The highest BCUT2D eigenvalue weighted by Crippen LogP contribution is 2.33. The van der Waals surface area contributed by atoms with E-state index < -0.39 is 23.0 Å². The van der Waals surface area contributed by atoms with Crippen molar-refractivity contribution >= 4 is 24.0 Å². The van der Waals surface area contributed by atoms with Gasteiger partial charge in [0.2, 0.25) is 5.43 Å². The summed E-state index contributed by atoms with van der Waals surface area (Å²) in [4.78, 5) is 32.7. The summed E-state index contributed by atoms with van der Waals surface area (Å²) in [5.74, 6) is -1.01. The number of aromatic nitrogens is 2. The number of halogens is 5. The molecule has 11 heteroatoms. The minimum atomic E-state index is -4.13. The fraction of sp³-hybridized carbons (Fsp3) is 0.500. The molecule has 1 aliphatic heterocycles. The second-order valence-corrected chi connectivity index (χ2v) is 7.85. The molecule has 0 radical (unpaired) electrons. The topological polar surface area (TPSA) is 78.2 Å². The molecule has 31 heavy (non-hydrogen) atoms. The lowest BCUT2D eigenvalue weighted by atomic mass is 9.96. The lowest BCUT2D eigenvalue weighted by Gasteiger charge is -2.32. The van der Waals surface area contributed by atoms with Crippen LogP contribution in [0.3, 0.4) is 0 Å². The van der Waals surface area contributed by atoms with Gasteiger partial charge in [0.1, 0.15) is 11.6 Å². The number of likely N-dealkylation sites (tertiary alicyclic amines) is 1. The van der Waals surface area contributed by atoms with Crippen molar-refractivity contribution in [3.63, 3.8) is 0 Å². The third kappa shape index (κ3) is 5.84. The molecule has 0 aromatic carbocycles. The number of alkyl halides is 3. The smallest absolute Gasteiger partial charge is 0.391 e. The van der Waals surface area contributed by atoms with Crippen LogP contribution in [0.4, 0.5) is 13.2 Å². The Balaban J connectivity index is 0.00000341. The van der Waals surface area contributed by atoms with Gasteiger partial charge in [-0.05, 0) is 39.8 Å². The molecule has 0 aliphatic carbocycles. The predicted octanol–water partition coefficient (Wildman–Crippen LogP) is 4.08. The van der Waals surface area contributed by atoms with Crippen molar-refractivity contribution in [3.8, 4) is 17.0 Å². The molecule has 1 saturated heterocycles. The van der Waals surface area contributed by atoms with Crippen LogP contribution < -0.4 is 15.6 Å². The Morgan fingerprint density at radius 3 is 2.42 bits per heavy atom. The number of aromatic amines is 2. The predicted molar refractivity (Wildman–Crippen MR) is 116 cm³/mol. The third-order valence-electron chi connectivity index (χ3n) is 5.38. The van der Waals surface area contributed by atoms with Gasteiger partial charge in [0.15, 0.2) is 11.3 Å². The summed E-state index contributed by atoms with van der Waals surface area (Å²) >= 11 is 6.02. The van der Waals surface area contributed by atoms with Gasteiger partial charge in [0.25, 0.3) is 0 Å². The lowest BCUT2D eigenvalue weighted by Crippen LogP contribution is -2.40. The number of ether oxygens (including phenoxy) is 1. The Bertz CT molecular complexity index is 1030. The van der Waals surface area contributed by atoms with Gasteiger partial charge in [-0.15, -0.1) is 12.4 Å². The fourth-order valence-corrected chi connectivity index (χ4v) is 3.82. The Labute approximate surface area is 188 Å². The average molecular weight is 482 g/mol. The minimum Gasteiger partial charge on any atom is -0.478 e. The number of piperidine rings is 1. The van der Waals surface area contributed by atoms with Crippen LogP contribution in [0.5, 0.6) is 5.88 Å². The average Bonchev–Trinajstić information content (AvgIpc) is 2.67. The second-order valence-electron chi connectivity index (χ2n) is 7.47. The standard InChI is InChI=1S/C20H23ClF3N3O3.ClH/c1-11-17(19(29)18(21)12(2)26-11)14-10-25-16(9-15(14)28)30-8-7-27-5-3-13(4-6-27)20(22,23)24;/h9-10,13H,3-8H2,1-2H3,(H,25,28)(H,26,29);1H. The summed E-state index contributed by atoms with van der Waals surface area (Å²) in [6.45, 7) is 4.76. The monoisotopic (exact) mass is 481 g/mol. The molecule has 2 aromatic rings. The molecule has 172 valence electrons. The molecule has 0 spiro atoms. The van der Waals surface area contributed by atoms with Crippen molar-refractivity contribution in [1.29, 1.82) is 0 Å². The molecule has 2 N–H and O–H groups in total. The first-order valence-electron chi connectivity index (χ1n) is 9.62. The molecule has 0 saturated carbocycles. The quantitative estimate of drug-likeness (QED) is 0.674. The first-order chi connectivity index (χ1) is 14.1. The van der Waals surface area contributed by atoms with Crippen LogP contribution in [0.2, 0.25) is 5.02 Å². The summed E-state index contributed by atoms with van der Waals surface area (Å²) in [6.07, 6.45) is -2.56. The molecule has 1 aliphatic rings. The normalized spacial score (nSPS) is 15.5. The fourth-order valence-electron chi connectivity index (χ4n) is 3.67. The molecule has 1 fully saturated rings. The van der Waals surface area contributed by atoms with E-state index in [9.17, 15) is 22.8 Å². The summed E-state index contributed by atoms with van der Waals surface area (Å²) < 4.78 is 43.7. The van der Waals surface area contributed by atoms with Crippen LogP contribution in [-0.4, -0.2) is 47.3 Å². The van der Waals surface area contributed by atoms with Gasteiger partial charge in [-0.25, -0.2) is 0 Å². The van der Waals surface area contributed by atoms with Gasteiger partial charge < -0.3 is 14.7 Å². The van der Waals surface area contributed by atoms with E-state index in [1.165, 1.54) is 12.3 Å². The van der Waals surface area contributed by atoms with Crippen LogP contribution in [0.15, 0.2) is 21.9 Å². The lowest BCUT2D eigenvalue weighted by molar-refractivity contribution is -0.185. The van der Waals surface area contributed by atoms with Gasteiger partial charge in [-0.2, -0.15) is 13.2 Å². The summed E-state index contributed by atoms with van der Waals surface area (Å²) in [5.41, 5.74) is 0.611. The molecule has 0 unspecified atom stereocenters. The number of aryl methyl sites for hydroxylation is 2. The largest absolute Gasteiger partial charge is 0.478 e. The van der Waals surface area contributed by atoms with Gasteiger partial charge >= 0.3 is 6.18 Å². The van der Waals surface area contributed by atoms with E-state index in [0.29, 0.717) is 31.0 Å². The van der Waals surface area contributed by atoms with E-state index >= 15 is 0 Å². The first kappa shape index (κ1) is 25.3. The maximum absolute atomic E-state index is 12.7. The van der Waals surface area contributed by atoms with Crippen LogP contribution in [0.1, 0.15) is 24.2 Å². The van der Waals surface area contributed by atoms with Gasteiger partial charge in [-0.1, -0.05) is 11.6 Å². The number of hydrogen-bond donors (Lipinski definition) is 2. The van der Waals surface area contributed by atoms with Crippen LogP contribution in [0, 0.1) is 19.8 Å². The molecule has 3 heterocycles. The van der Waals surface area contributed by atoms with E-state index in [1.807, 2.05) is 4.90 Å². The molecular weight excluding hydrogens is 458 g/mol. The summed E-state index contributed by atoms with van der Waals surface area (Å²) in [5, 5.41) is 0.0321. The van der Waals surface area contributed by atoms with Crippen molar-refractivity contribution in [3.05, 3.63) is 49.1 Å². The maximum Gasteiger partial charge on any atom is 0.391 e. The first-order valence-corrected chi connectivity index (χ1v) is 9.99. The zero-order chi connectivity index (χ0) is 22.1. The number of hydrogen-bond acceptors (Lipinski definition) is 4. The maximum atomic E-state index is 12.7. The Hall–Kier alpha value is -1.97. The van der Waals surface area contributed by atoms with Crippen molar-refractivity contribution in [2.45, 2.75) is 32.9 Å². The van der Waals surface area contributed by atoms with Crippen LogP contribution >= 0.6 is 24.0 Å². The van der Waals surface area contributed by atoms with E-state index in [0.717, 1.165) is 0 Å². The Morgan fingerprint density at radius 2 is 1.84 bits per heavy atom. The van der Waals surface area contributed by atoms with E-state index in [4.69, 9.17) is 16.3 Å². The number of rotatable bonds is 5. The SMILES string of the molecule is Cc1[nH]c(C)c(-c2c[nH]c(OCCN3CCC(C(F)(F)F)CC3)cc2=O)c(=O)c1Cl.Cl. The second kappa shape index (κ2) is 10.1. The van der Waals surface area contributed by atoms with Crippen molar-refractivity contribution in [2.75, 3.05) is 26.2 Å². The molecular formula is C20H24Cl2F3N3O3. The van der Waals surface area contributed by atoms with E-state index in [-0.39, 0.29) is 53.9 Å². The Morgan fingerprint density at radius 1 is 1.19 bits per heavy atom. The molecule has 0 amide bonds. The van der Waals surface area contributed by atoms with Crippen molar-refractivity contribution in [2.24, 2.45) is 5.92 Å². The molecule has 2 aromatic heterocycles. The van der Waals surface area contributed by atoms with Crippen LogP contribution in [-0.2, 0) is 0 Å². The number of nitrogens with zero attached hydrogens (tertiary/aromatic N) is 1. The highest BCUT2D eigenvalue weighted by molar-refractivity contribution is 6.31. The zero-order valence-electron chi connectivity index (χ0n) is 17.1. The third-order valence-corrected chi connectivity index (χ3v) is 5.83. The zero-order valence-corrected chi connectivity index (χ0v) is 18.6. The van der Waals surface area contributed by atoms with Gasteiger partial charge in [0.05, 0.1) is 17.0 Å². The Kier molecular flexibility index (Phi) is 8.24. The molecule has 0 bridgehead atoms. The molecule has 0 atom stereocenters. The van der Waals surface area contributed by atoms with Crippen molar-refractivity contribution < 1.29 is 17.9 Å². The molecule has 3 rings (SSSR count). The molecule has 6 nitrogen and oxygen atoms in total. The van der Waals surface area contributed by atoms with Crippen LogP contribution in [0.25, 0.3) is 11.1 Å². The number of H-pyrrole nitrogens is 2. The highest BCUT2D eigenvalue weighted by Gasteiger charge is 2.40. The van der Waals surface area contributed by atoms with E-state index in [1.54, 1.807) is 13.8 Å². The highest BCUT2D eigenvalue weighted by atomic mass is 35.5. The summed E-state index contributed by atoms with van der Waals surface area (Å²) in [6, 6.07) is 1.25. The van der Waals surface area contributed by atoms with Crippen molar-refractivity contribution in [1.82, 2.24) is 14.9 Å². The van der Waals surface area contributed by atoms with E-state index in [2.05, 4.69) is 9.97 Å². The summed E-state index contributed by atoms with van der Waals surface area (Å²) in [7, 11) is 0. The minimum absolute atomic E-state index is 0.